The van der Waals surface area contributed by atoms with Crippen molar-refractivity contribution in [3.8, 4) is 0 Å². The van der Waals surface area contributed by atoms with E-state index in [2.05, 4.69) is 14.7 Å². The minimum Gasteiger partial charge on any atom is -0.277 e. The maximum absolute atomic E-state index is 12.3. The maximum Gasteiger partial charge on any atom is 0.279 e. The Bertz CT molecular complexity index is 941. The van der Waals surface area contributed by atoms with Gasteiger partial charge in [0.2, 0.25) is 0 Å². The summed E-state index contributed by atoms with van der Waals surface area (Å²) >= 11 is 6.04. The Morgan fingerprint density at radius 2 is 1.91 bits per heavy atom. The quantitative estimate of drug-likeness (QED) is 0.797. The maximum atomic E-state index is 12.3. The number of benzene rings is 1. The Balaban J connectivity index is 1.97. The van der Waals surface area contributed by atoms with E-state index < -0.39 is 10.0 Å². The third kappa shape index (κ3) is 2.88. The molecule has 0 saturated heterocycles. The predicted octanol–water partition coefficient (Wildman–Crippen LogP) is 3.39. The van der Waals surface area contributed by atoms with Crippen LogP contribution in [0.15, 0.2) is 53.8 Å². The first kappa shape index (κ1) is 14.7. The summed E-state index contributed by atoms with van der Waals surface area (Å²) < 4.78 is 27.0. The van der Waals surface area contributed by atoms with Gasteiger partial charge in [-0.2, -0.15) is 8.42 Å². The minimum absolute atomic E-state index is 0.0377. The van der Waals surface area contributed by atoms with Crippen molar-refractivity contribution in [3.63, 3.8) is 0 Å². The van der Waals surface area contributed by atoms with E-state index in [0.29, 0.717) is 16.2 Å². The SMILES string of the molecule is Cc1ccc(S(=O)(=O)Nc2cnc3c(Cl)cccc3c2)nc1. The Morgan fingerprint density at radius 3 is 2.64 bits per heavy atom. The molecule has 5 nitrogen and oxygen atoms in total. The summed E-state index contributed by atoms with van der Waals surface area (Å²) in [5, 5.41) is 1.24. The van der Waals surface area contributed by atoms with Crippen molar-refractivity contribution in [1.82, 2.24) is 9.97 Å². The number of rotatable bonds is 3. The van der Waals surface area contributed by atoms with Gasteiger partial charge in [0.1, 0.15) is 0 Å². The molecule has 0 aliphatic rings. The molecule has 1 N–H and O–H groups in total. The molecular formula is C15H12ClN3O2S. The first-order valence-corrected chi connectivity index (χ1v) is 8.31. The number of nitrogens with zero attached hydrogens (tertiary/aromatic N) is 2. The van der Waals surface area contributed by atoms with Gasteiger partial charge in [0.05, 0.1) is 22.4 Å². The molecule has 1 aromatic carbocycles. The van der Waals surface area contributed by atoms with Crippen molar-refractivity contribution in [2.24, 2.45) is 0 Å². The number of anilines is 1. The van der Waals surface area contributed by atoms with E-state index in [1.54, 1.807) is 24.3 Å². The molecule has 2 heterocycles. The summed E-state index contributed by atoms with van der Waals surface area (Å²) in [4.78, 5) is 8.12. The highest BCUT2D eigenvalue weighted by molar-refractivity contribution is 7.92. The topological polar surface area (TPSA) is 72.0 Å². The van der Waals surface area contributed by atoms with Crippen LogP contribution < -0.4 is 4.72 Å². The van der Waals surface area contributed by atoms with Crippen LogP contribution >= 0.6 is 11.6 Å². The van der Waals surface area contributed by atoms with Gasteiger partial charge in [-0.3, -0.25) is 9.71 Å². The van der Waals surface area contributed by atoms with E-state index in [1.807, 2.05) is 13.0 Å². The molecule has 0 bridgehead atoms. The molecule has 0 atom stereocenters. The number of pyridine rings is 2. The second-order valence-corrected chi connectivity index (χ2v) is 6.85. The molecule has 0 aliphatic heterocycles. The predicted molar refractivity (Wildman–Crippen MR) is 86.5 cm³/mol. The summed E-state index contributed by atoms with van der Waals surface area (Å²) in [7, 11) is -3.74. The minimum atomic E-state index is -3.74. The van der Waals surface area contributed by atoms with Crippen LogP contribution in [0.3, 0.4) is 0 Å². The smallest absolute Gasteiger partial charge is 0.277 e. The fourth-order valence-electron chi connectivity index (χ4n) is 2.00. The van der Waals surface area contributed by atoms with Gasteiger partial charge in [-0.25, -0.2) is 4.98 Å². The molecule has 0 amide bonds. The highest BCUT2D eigenvalue weighted by Gasteiger charge is 2.16. The first-order valence-electron chi connectivity index (χ1n) is 6.45. The Morgan fingerprint density at radius 1 is 1.09 bits per heavy atom. The average molecular weight is 334 g/mol. The molecule has 0 spiro atoms. The summed E-state index contributed by atoms with van der Waals surface area (Å²) in [5.41, 5.74) is 1.87. The lowest BCUT2D eigenvalue weighted by Crippen LogP contribution is -2.14. The van der Waals surface area contributed by atoms with Gasteiger partial charge in [-0.15, -0.1) is 0 Å². The van der Waals surface area contributed by atoms with E-state index in [0.717, 1.165) is 10.9 Å². The Labute approximate surface area is 133 Å². The number of aromatic nitrogens is 2. The number of fused-ring (bicyclic) bond motifs is 1. The lowest BCUT2D eigenvalue weighted by molar-refractivity contribution is 0.597. The molecule has 3 aromatic rings. The van der Waals surface area contributed by atoms with Crippen molar-refractivity contribution in [2.45, 2.75) is 11.9 Å². The van der Waals surface area contributed by atoms with Crippen LogP contribution in [0.1, 0.15) is 5.56 Å². The van der Waals surface area contributed by atoms with E-state index >= 15 is 0 Å². The summed E-state index contributed by atoms with van der Waals surface area (Å²) in [5.74, 6) is 0. The van der Waals surface area contributed by atoms with Gasteiger partial charge < -0.3 is 0 Å². The Kier molecular flexibility index (Phi) is 3.72. The van der Waals surface area contributed by atoms with E-state index in [1.165, 1.54) is 18.5 Å². The van der Waals surface area contributed by atoms with Crippen molar-refractivity contribution < 1.29 is 8.42 Å². The first-order chi connectivity index (χ1) is 10.5. The van der Waals surface area contributed by atoms with Gasteiger partial charge in [0, 0.05) is 11.6 Å². The summed E-state index contributed by atoms with van der Waals surface area (Å²) in [6.07, 6.45) is 2.94. The molecule has 22 heavy (non-hydrogen) atoms. The molecule has 0 unspecified atom stereocenters. The largest absolute Gasteiger partial charge is 0.279 e. The average Bonchev–Trinajstić information content (AvgIpc) is 2.47. The van der Waals surface area contributed by atoms with Crippen molar-refractivity contribution in [1.29, 1.82) is 0 Å². The van der Waals surface area contributed by atoms with Crippen molar-refractivity contribution >= 4 is 38.2 Å². The van der Waals surface area contributed by atoms with Crippen molar-refractivity contribution in [2.75, 3.05) is 4.72 Å². The lowest BCUT2D eigenvalue weighted by atomic mass is 10.2. The molecular weight excluding hydrogens is 322 g/mol. The molecule has 3 rings (SSSR count). The number of aryl methyl sites for hydroxylation is 1. The number of para-hydroxylation sites is 1. The van der Waals surface area contributed by atoms with E-state index in [-0.39, 0.29) is 5.03 Å². The molecule has 0 aliphatic carbocycles. The van der Waals surface area contributed by atoms with Gasteiger partial charge in [0.25, 0.3) is 10.0 Å². The molecule has 2 aromatic heterocycles. The molecule has 0 saturated carbocycles. The monoisotopic (exact) mass is 333 g/mol. The summed E-state index contributed by atoms with van der Waals surface area (Å²) in [6.45, 7) is 1.84. The molecule has 0 fully saturated rings. The number of sulfonamides is 1. The van der Waals surface area contributed by atoms with E-state index in [9.17, 15) is 8.42 Å². The Hall–Kier alpha value is -2.18. The van der Waals surface area contributed by atoms with Crippen molar-refractivity contribution in [3.05, 3.63) is 59.4 Å². The molecule has 0 radical (unpaired) electrons. The number of hydrogen-bond donors (Lipinski definition) is 1. The van der Waals surface area contributed by atoms with E-state index in [4.69, 9.17) is 11.6 Å². The molecule has 7 heteroatoms. The zero-order valence-corrected chi connectivity index (χ0v) is 13.2. The third-order valence-corrected chi connectivity index (χ3v) is 4.68. The number of nitrogens with one attached hydrogen (secondary N) is 1. The zero-order valence-electron chi connectivity index (χ0n) is 11.6. The van der Waals surface area contributed by atoms with Crippen LogP contribution in [0.5, 0.6) is 0 Å². The van der Waals surface area contributed by atoms with Gasteiger partial charge in [-0.1, -0.05) is 29.8 Å². The third-order valence-electron chi connectivity index (χ3n) is 3.07. The zero-order chi connectivity index (χ0) is 15.7. The second kappa shape index (κ2) is 5.55. The molecule has 112 valence electrons. The second-order valence-electron chi connectivity index (χ2n) is 4.81. The van der Waals surface area contributed by atoms with Gasteiger partial charge in [0.15, 0.2) is 5.03 Å². The van der Waals surface area contributed by atoms with Crippen LogP contribution in [0, 0.1) is 6.92 Å². The highest BCUT2D eigenvalue weighted by Crippen LogP contribution is 2.24. The number of halogens is 1. The summed E-state index contributed by atoms with van der Waals surface area (Å²) in [6, 6.07) is 10.2. The van der Waals surface area contributed by atoms with Crippen LogP contribution in [-0.2, 0) is 10.0 Å². The highest BCUT2D eigenvalue weighted by atomic mass is 35.5. The number of hydrogen-bond acceptors (Lipinski definition) is 4. The van der Waals surface area contributed by atoms with Crippen LogP contribution in [0.2, 0.25) is 5.02 Å². The fraction of sp³-hybridized carbons (Fsp3) is 0.0667. The standard InChI is InChI=1S/C15H12ClN3O2S/c1-10-5-6-14(17-8-10)22(20,21)19-12-7-11-3-2-4-13(16)15(11)18-9-12/h2-9,19H,1H3. The van der Waals surface area contributed by atoms with Crippen LogP contribution in [0.4, 0.5) is 5.69 Å². The lowest BCUT2D eigenvalue weighted by Gasteiger charge is -2.08. The van der Waals surface area contributed by atoms with Gasteiger partial charge >= 0.3 is 0 Å². The van der Waals surface area contributed by atoms with Crippen LogP contribution in [0.25, 0.3) is 10.9 Å². The van der Waals surface area contributed by atoms with Crippen LogP contribution in [-0.4, -0.2) is 18.4 Å². The fourth-order valence-corrected chi connectivity index (χ4v) is 3.20. The normalized spacial score (nSPS) is 11.5. The van der Waals surface area contributed by atoms with Gasteiger partial charge in [-0.05, 0) is 30.7 Å².